The zero-order valence-electron chi connectivity index (χ0n) is 11.2. The Labute approximate surface area is 121 Å². The normalized spacial score (nSPS) is 12.5. The van der Waals surface area contributed by atoms with E-state index in [1.807, 2.05) is 38.2 Å². The third-order valence-electron chi connectivity index (χ3n) is 3.05. The van der Waals surface area contributed by atoms with Crippen LogP contribution in [0.3, 0.4) is 0 Å². The predicted molar refractivity (Wildman–Crippen MR) is 77.3 cm³/mol. The summed E-state index contributed by atoms with van der Waals surface area (Å²) in [5, 5.41) is 14.6. The predicted octanol–water partition coefficient (Wildman–Crippen LogP) is 2.78. The molecule has 0 aliphatic rings. The minimum atomic E-state index is -0.588. The van der Waals surface area contributed by atoms with Gasteiger partial charge in [0.05, 0.1) is 24.6 Å². The molecular weight excluding hydrogens is 308 g/mol. The fraction of sp³-hybridized carbons (Fsp3) is 0.357. The number of rotatable bonds is 4. The molecule has 1 unspecified atom stereocenters. The largest absolute Gasteiger partial charge is 0.497 e. The van der Waals surface area contributed by atoms with Crippen molar-refractivity contribution in [3.63, 3.8) is 0 Å². The van der Waals surface area contributed by atoms with Crippen LogP contribution in [0.5, 0.6) is 5.75 Å². The number of aryl methyl sites for hydroxylation is 2. The Balaban J connectivity index is 2.23. The number of aromatic nitrogens is 2. The molecule has 5 heteroatoms. The fourth-order valence-corrected chi connectivity index (χ4v) is 2.50. The monoisotopic (exact) mass is 324 g/mol. The first-order valence-electron chi connectivity index (χ1n) is 6.02. The maximum absolute atomic E-state index is 10.3. The highest BCUT2D eigenvalue weighted by atomic mass is 79.9. The van der Waals surface area contributed by atoms with Gasteiger partial charge in [0.15, 0.2) is 0 Å². The second kappa shape index (κ2) is 5.75. The lowest BCUT2D eigenvalue weighted by Gasteiger charge is -2.13. The van der Waals surface area contributed by atoms with Gasteiger partial charge < -0.3 is 9.84 Å². The molecule has 0 aliphatic heterocycles. The molecule has 0 fully saturated rings. The Kier molecular flexibility index (Phi) is 4.27. The van der Waals surface area contributed by atoms with Crippen LogP contribution in [-0.4, -0.2) is 22.0 Å². The van der Waals surface area contributed by atoms with Gasteiger partial charge in [0, 0.05) is 17.9 Å². The van der Waals surface area contributed by atoms with Gasteiger partial charge in [-0.05, 0) is 36.8 Å². The minimum absolute atomic E-state index is 0.511. The van der Waals surface area contributed by atoms with Crippen LogP contribution in [0.1, 0.15) is 23.1 Å². The summed E-state index contributed by atoms with van der Waals surface area (Å²) in [6, 6.07) is 7.64. The van der Waals surface area contributed by atoms with E-state index in [0.717, 1.165) is 27.2 Å². The second-order valence-corrected chi connectivity index (χ2v) is 5.37. The Morgan fingerprint density at radius 1 is 1.42 bits per heavy atom. The number of nitrogens with zero attached hydrogens (tertiary/aromatic N) is 2. The number of hydrogen-bond donors (Lipinski definition) is 1. The minimum Gasteiger partial charge on any atom is -0.497 e. The van der Waals surface area contributed by atoms with Crippen molar-refractivity contribution in [3.8, 4) is 5.75 Å². The van der Waals surface area contributed by atoms with Crippen molar-refractivity contribution in [3.05, 3.63) is 45.7 Å². The third kappa shape index (κ3) is 3.16. The summed E-state index contributed by atoms with van der Waals surface area (Å²) in [5.41, 5.74) is 2.72. The van der Waals surface area contributed by atoms with E-state index in [-0.39, 0.29) is 0 Å². The summed E-state index contributed by atoms with van der Waals surface area (Å²) in [6.45, 7) is 1.91. The summed E-state index contributed by atoms with van der Waals surface area (Å²) < 4.78 is 7.89. The third-order valence-corrected chi connectivity index (χ3v) is 3.82. The summed E-state index contributed by atoms with van der Waals surface area (Å²) in [6.07, 6.45) is -0.0777. The molecule has 0 aliphatic carbocycles. The van der Waals surface area contributed by atoms with Crippen LogP contribution >= 0.6 is 15.9 Å². The molecule has 4 nitrogen and oxygen atoms in total. The fourth-order valence-electron chi connectivity index (χ4n) is 2.09. The van der Waals surface area contributed by atoms with Gasteiger partial charge in [-0.15, -0.1) is 0 Å². The molecule has 0 saturated heterocycles. The smallest absolute Gasteiger partial charge is 0.119 e. The number of halogens is 1. The highest BCUT2D eigenvalue weighted by Crippen LogP contribution is 2.27. The average molecular weight is 325 g/mol. The molecule has 2 aromatic rings. The molecule has 0 radical (unpaired) electrons. The lowest BCUT2D eigenvalue weighted by atomic mass is 10.1. The zero-order chi connectivity index (χ0) is 14.0. The molecule has 102 valence electrons. The quantitative estimate of drug-likeness (QED) is 0.940. The van der Waals surface area contributed by atoms with Gasteiger partial charge in [-0.2, -0.15) is 5.10 Å². The summed E-state index contributed by atoms with van der Waals surface area (Å²) in [4.78, 5) is 0. The van der Waals surface area contributed by atoms with Crippen LogP contribution in [0.4, 0.5) is 0 Å². The Morgan fingerprint density at radius 2 is 2.16 bits per heavy atom. The number of methoxy groups -OCH3 is 1. The molecular formula is C14H17BrN2O2. The topological polar surface area (TPSA) is 47.3 Å². The van der Waals surface area contributed by atoms with Gasteiger partial charge in [0.1, 0.15) is 5.75 Å². The van der Waals surface area contributed by atoms with Crippen molar-refractivity contribution in [1.82, 2.24) is 9.78 Å². The van der Waals surface area contributed by atoms with Crippen LogP contribution in [0.2, 0.25) is 0 Å². The molecule has 0 bridgehead atoms. The standard InChI is InChI=1S/C14H17BrN2O2/c1-9-6-13(17(2)16-9)14(18)8-10-7-11(19-3)4-5-12(10)15/h4-7,14,18H,8H2,1-3H3. The highest BCUT2D eigenvalue weighted by molar-refractivity contribution is 9.10. The van der Waals surface area contributed by atoms with Crippen LogP contribution < -0.4 is 4.74 Å². The molecule has 2 rings (SSSR count). The van der Waals surface area contributed by atoms with Crippen molar-refractivity contribution >= 4 is 15.9 Å². The van der Waals surface area contributed by atoms with E-state index in [9.17, 15) is 5.11 Å². The van der Waals surface area contributed by atoms with E-state index in [4.69, 9.17) is 4.74 Å². The number of aliphatic hydroxyl groups is 1. The maximum Gasteiger partial charge on any atom is 0.119 e. The van der Waals surface area contributed by atoms with Crippen LogP contribution in [0, 0.1) is 6.92 Å². The van der Waals surface area contributed by atoms with E-state index < -0.39 is 6.10 Å². The number of benzene rings is 1. The van der Waals surface area contributed by atoms with Gasteiger partial charge in [0.25, 0.3) is 0 Å². The SMILES string of the molecule is COc1ccc(Br)c(CC(O)c2cc(C)nn2C)c1. The zero-order valence-corrected chi connectivity index (χ0v) is 12.8. The van der Waals surface area contributed by atoms with E-state index in [0.29, 0.717) is 6.42 Å². The van der Waals surface area contributed by atoms with E-state index >= 15 is 0 Å². The summed E-state index contributed by atoms with van der Waals surface area (Å²) >= 11 is 3.50. The van der Waals surface area contributed by atoms with Crippen LogP contribution in [-0.2, 0) is 13.5 Å². The van der Waals surface area contributed by atoms with E-state index in [1.54, 1.807) is 11.8 Å². The van der Waals surface area contributed by atoms with Crippen molar-refractivity contribution in [2.75, 3.05) is 7.11 Å². The number of aliphatic hydroxyl groups excluding tert-OH is 1. The lowest BCUT2D eigenvalue weighted by molar-refractivity contribution is 0.168. The van der Waals surface area contributed by atoms with Crippen molar-refractivity contribution in [2.45, 2.75) is 19.4 Å². The summed E-state index contributed by atoms with van der Waals surface area (Å²) in [5.74, 6) is 0.784. The molecule has 0 amide bonds. The molecule has 0 spiro atoms. The molecule has 1 aromatic carbocycles. The first-order chi connectivity index (χ1) is 9.01. The van der Waals surface area contributed by atoms with Gasteiger partial charge in [-0.3, -0.25) is 4.68 Å². The Bertz CT molecular complexity index is 581. The summed E-state index contributed by atoms with van der Waals surface area (Å²) in [7, 11) is 3.47. The molecule has 1 N–H and O–H groups in total. The van der Waals surface area contributed by atoms with Crippen LogP contribution in [0.15, 0.2) is 28.7 Å². The second-order valence-electron chi connectivity index (χ2n) is 4.51. The van der Waals surface area contributed by atoms with Gasteiger partial charge in [-0.1, -0.05) is 15.9 Å². The molecule has 1 heterocycles. The molecule has 0 saturated carbocycles. The van der Waals surface area contributed by atoms with Crippen LogP contribution in [0.25, 0.3) is 0 Å². The van der Waals surface area contributed by atoms with Crippen molar-refractivity contribution in [2.24, 2.45) is 7.05 Å². The molecule has 19 heavy (non-hydrogen) atoms. The van der Waals surface area contributed by atoms with Gasteiger partial charge >= 0.3 is 0 Å². The first-order valence-corrected chi connectivity index (χ1v) is 6.81. The average Bonchev–Trinajstić information content (AvgIpc) is 2.71. The molecule has 1 aromatic heterocycles. The van der Waals surface area contributed by atoms with E-state index in [1.165, 1.54) is 0 Å². The highest BCUT2D eigenvalue weighted by Gasteiger charge is 2.15. The van der Waals surface area contributed by atoms with Crippen molar-refractivity contribution < 1.29 is 9.84 Å². The number of ether oxygens (including phenoxy) is 1. The lowest BCUT2D eigenvalue weighted by Crippen LogP contribution is -2.08. The van der Waals surface area contributed by atoms with Gasteiger partial charge in [-0.25, -0.2) is 0 Å². The van der Waals surface area contributed by atoms with Gasteiger partial charge in [0.2, 0.25) is 0 Å². The Hall–Kier alpha value is -1.33. The van der Waals surface area contributed by atoms with Crippen molar-refractivity contribution in [1.29, 1.82) is 0 Å². The first kappa shape index (κ1) is 14.1. The Morgan fingerprint density at radius 3 is 2.74 bits per heavy atom. The molecule has 1 atom stereocenters. The maximum atomic E-state index is 10.3. The van der Waals surface area contributed by atoms with E-state index in [2.05, 4.69) is 21.0 Å². The number of hydrogen-bond acceptors (Lipinski definition) is 3.